The summed E-state index contributed by atoms with van der Waals surface area (Å²) in [6.45, 7) is 1.07. The number of nitrogens with zero attached hydrogens (tertiary/aromatic N) is 1. The fraction of sp³-hybridized carbons (Fsp3) is 0.333. The summed E-state index contributed by atoms with van der Waals surface area (Å²) in [6, 6.07) is 1.62. The lowest BCUT2D eigenvalue weighted by molar-refractivity contribution is -0.385. The number of alkyl halides is 3. The normalized spacial score (nSPS) is 11.6. The van der Waals surface area contributed by atoms with E-state index in [1.54, 1.807) is 0 Å². The van der Waals surface area contributed by atoms with Crippen LogP contribution in [0.1, 0.15) is 16.7 Å². The van der Waals surface area contributed by atoms with Crippen LogP contribution in [0.15, 0.2) is 12.1 Å². The van der Waals surface area contributed by atoms with E-state index in [1.165, 1.54) is 6.92 Å². The molecule has 0 unspecified atom stereocenters. The number of nitrogens with two attached hydrogens (primary N) is 1. The molecule has 0 saturated heterocycles. The molecule has 88 valence electrons. The molecule has 7 heteroatoms. The van der Waals surface area contributed by atoms with E-state index in [-0.39, 0.29) is 17.7 Å². The van der Waals surface area contributed by atoms with Gasteiger partial charge in [-0.3, -0.25) is 10.1 Å². The predicted octanol–water partition coefficient (Wildman–Crippen LogP) is 2.38. The van der Waals surface area contributed by atoms with Crippen LogP contribution in [0.25, 0.3) is 0 Å². The Morgan fingerprint density at radius 1 is 1.44 bits per heavy atom. The first-order valence-electron chi connectivity index (χ1n) is 4.32. The number of hydrogen-bond donors (Lipinski definition) is 1. The molecule has 0 aliphatic rings. The monoisotopic (exact) mass is 234 g/mol. The number of nitro benzene ring substituents is 1. The van der Waals surface area contributed by atoms with E-state index >= 15 is 0 Å². The zero-order valence-electron chi connectivity index (χ0n) is 8.34. The molecule has 0 radical (unpaired) electrons. The van der Waals surface area contributed by atoms with Crippen LogP contribution in [-0.4, -0.2) is 4.92 Å². The highest BCUT2D eigenvalue weighted by molar-refractivity contribution is 5.48. The van der Waals surface area contributed by atoms with E-state index in [9.17, 15) is 23.3 Å². The smallest absolute Gasteiger partial charge is 0.326 e. The number of halogens is 3. The third-order valence-electron chi connectivity index (χ3n) is 2.15. The summed E-state index contributed by atoms with van der Waals surface area (Å²) in [5.41, 5.74) is 3.65. The Kier molecular flexibility index (Phi) is 3.18. The minimum atomic E-state index is -4.60. The molecule has 4 nitrogen and oxygen atoms in total. The molecule has 16 heavy (non-hydrogen) atoms. The maximum Gasteiger partial charge on any atom is 0.416 e. The third kappa shape index (κ3) is 2.30. The number of aryl methyl sites for hydroxylation is 1. The predicted molar refractivity (Wildman–Crippen MR) is 50.7 cm³/mol. The summed E-state index contributed by atoms with van der Waals surface area (Å²) in [5.74, 6) is 0. The Bertz CT molecular complexity index is 429. The van der Waals surface area contributed by atoms with Gasteiger partial charge in [0.25, 0.3) is 5.69 Å². The summed E-state index contributed by atoms with van der Waals surface area (Å²) >= 11 is 0. The SMILES string of the molecule is Cc1cc(CN)c([N+](=O)[O-])cc1C(F)(F)F. The molecule has 0 bridgehead atoms. The topological polar surface area (TPSA) is 69.2 Å². The van der Waals surface area contributed by atoms with Gasteiger partial charge in [-0.05, 0) is 18.6 Å². The van der Waals surface area contributed by atoms with Gasteiger partial charge in [0.2, 0.25) is 0 Å². The van der Waals surface area contributed by atoms with Crippen LogP contribution in [-0.2, 0) is 12.7 Å². The van der Waals surface area contributed by atoms with Gasteiger partial charge in [-0.15, -0.1) is 0 Å². The lowest BCUT2D eigenvalue weighted by Gasteiger charge is -2.11. The van der Waals surface area contributed by atoms with Crippen molar-refractivity contribution in [2.75, 3.05) is 0 Å². The number of benzene rings is 1. The molecular formula is C9H9F3N2O2. The average Bonchev–Trinajstić information content (AvgIpc) is 2.14. The fourth-order valence-corrected chi connectivity index (χ4v) is 1.40. The summed E-state index contributed by atoms with van der Waals surface area (Å²) < 4.78 is 37.4. The number of hydrogen-bond acceptors (Lipinski definition) is 3. The highest BCUT2D eigenvalue weighted by atomic mass is 19.4. The number of nitro groups is 1. The zero-order chi connectivity index (χ0) is 12.5. The van der Waals surface area contributed by atoms with Gasteiger partial charge in [-0.2, -0.15) is 13.2 Å². The first-order chi connectivity index (χ1) is 7.27. The van der Waals surface area contributed by atoms with Crippen LogP contribution in [0.4, 0.5) is 18.9 Å². The molecular weight excluding hydrogens is 225 g/mol. The average molecular weight is 234 g/mol. The Labute approximate surface area is 89.0 Å². The largest absolute Gasteiger partial charge is 0.416 e. The minimum Gasteiger partial charge on any atom is -0.326 e. The van der Waals surface area contributed by atoms with E-state index < -0.39 is 22.4 Å². The molecule has 1 aromatic rings. The molecule has 0 fully saturated rings. The van der Waals surface area contributed by atoms with Crippen molar-refractivity contribution in [3.05, 3.63) is 38.9 Å². The highest BCUT2D eigenvalue weighted by Crippen LogP contribution is 2.35. The maximum atomic E-state index is 12.5. The molecule has 0 aromatic heterocycles. The fourth-order valence-electron chi connectivity index (χ4n) is 1.40. The Morgan fingerprint density at radius 2 is 2.00 bits per heavy atom. The summed E-state index contributed by atoms with van der Waals surface area (Å²) in [4.78, 5) is 9.69. The molecule has 0 saturated carbocycles. The van der Waals surface area contributed by atoms with Gasteiger partial charge >= 0.3 is 6.18 Å². The molecule has 2 N–H and O–H groups in total. The zero-order valence-corrected chi connectivity index (χ0v) is 8.34. The Morgan fingerprint density at radius 3 is 2.38 bits per heavy atom. The molecule has 0 atom stereocenters. The van der Waals surface area contributed by atoms with E-state index in [2.05, 4.69) is 0 Å². The minimum absolute atomic E-state index is 0.0708. The van der Waals surface area contributed by atoms with Crippen LogP contribution in [0.5, 0.6) is 0 Å². The summed E-state index contributed by atoms with van der Waals surface area (Å²) in [6.07, 6.45) is -4.60. The van der Waals surface area contributed by atoms with Gasteiger partial charge in [-0.25, -0.2) is 0 Å². The molecule has 0 aliphatic carbocycles. The summed E-state index contributed by atoms with van der Waals surface area (Å²) in [5, 5.41) is 10.6. The maximum absolute atomic E-state index is 12.5. The van der Waals surface area contributed by atoms with Gasteiger partial charge in [-0.1, -0.05) is 0 Å². The van der Waals surface area contributed by atoms with Crippen molar-refractivity contribution in [2.45, 2.75) is 19.6 Å². The second kappa shape index (κ2) is 4.09. The van der Waals surface area contributed by atoms with Gasteiger partial charge in [0.15, 0.2) is 0 Å². The van der Waals surface area contributed by atoms with E-state index in [4.69, 9.17) is 5.73 Å². The van der Waals surface area contributed by atoms with Crippen molar-refractivity contribution < 1.29 is 18.1 Å². The lowest BCUT2D eigenvalue weighted by atomic mass is 10.0. The third-order valence-corrected chi connectivity index (χ3v) is 2.15. The molecule has 1 aromatic carbocycles. The van der Waals surface area contributed by atoms with Gasteiger partial charge in [0.1, 0.15) is 0 Å². The van der Waals surface area contributed by atoms with E-state index in [0.29, 0.717) is 6.07 Å². The second-order valence-corrected chi connectivity index (χ2v) is 3.25. The standard InChI is InChI=1S/C9H9F3N2O2/c1-5-2-6(4-13)8(14(15)16)3-7(5)9(10,11)12/h2-3H,4,13H2,1H3. The van der Waals surface area contributed by atoms with Crippen LogP contribution in [0.2, 0.25) is 0 Å². The quantitative estimate of drug-likeness (QED) is 0.630. The molecule has 1 rings (SSSR count). The van der Waals surface area contributed by atoms with Crippen molar-refractivity contribution in [1.29, 1.82) is 0 Å². The van der Waals surface area contributed by atoms with Crippen molar-refractivity contribution >= 4 is 5.69 Å². The van der Waals surface area contributed by atoms with Gasteiger partial charge in [0.05, 0.1) is 10.5 Å². The van der Waals surface area contributed by atoms with Gasteiger partial charge in [0, 0.05) is 18.2 Å². The van der Waals surface area contributed by atoms with Crippen molar-refractivity contribution in [3.8, 4) is 0 Å². The van der Waals surface area contributed by atoms with Crippen LogP contribution >= 0.6 is 0 Å². The molecule has 0 amide bonds. The molecule has 0 heterocycles. The highest BCUT2D eigenvalue weighted by Gasteiger charge is 2.34. The number of rotatable bonds is 2. The van der Waals surface area contributed by atoms with E-state index in [0.717, 1.165) is 6.07 Å². The Balaban J connectivity index is 3.45. The lowest BCUT2D eigenvalue weighted by Crippen LogP contribution is -2.11. The molecule has 0 aliphatic heterocycles. The molecule has 0 spiro atoms. The van der Waals surface area contributed by atoms with Crippen molar-refractivity contribution in [2.24, 2.45) is 5.73 Å². The van der Waals surface area contributed by atoms with Crippen LogP contribution in [0, 0.1) is 17.0 Å². The first kappa shape index (κ1) is 12.4. The van der Waals surface area contributed by atoms with Crippen LogP contribution in [0.3, 0.4) is 0 Å². The first-order valence-corrected chi connectivity index (χ1v) is 4.32. The van der Waals surface area contributed by atoms with Crippen molar-refractivity contribution in [3.63, 3.8) is 0 Å². The summed E-state index contributed by atoms with van der Waals surface area (Å²) in [7, 11) is 0. The van der Waals surface area contributed by atoms with Crippen molar-refractivity contribution in [1.82, 2.24) is 0 Å². The Hall–Kier alpha value is -1.63. The second-order valence-electron chi connectivity index (χ2n) is 3.25. The van der Waals surface area contributed by atoms with Crippen LogP contribution < -0.4 is 5.73 Å². The van der Waals surface area contributed by atoms with Gasteiger partial charge < -0.3 is 5.73 Å². The van der Waals surface area contributed by atoms with E-state index in [1.807, 2.05) is 0 Å².